The van der Waals surface area contributed by atoms with Crippen molar-refractivity contribution in [3.63, 3.8) is 0 Å². The lowest BCUT2D eigenvalue weighted by molar-refractivity contribution is -0.0601. The number of aryl methyl sites for hydroxylation is 1. The molecule has 0 amide bonds. The second-order valence-corrected chi connectivity index (χ2v) is 11.6. The third-order valence-corrected chi connectivity index (χ3v) is 8.44. The molecule has 0 unspecified atom stereocenters. The number of thiazole rings is 1. The van der Waals surface area contributed by atoms with E-state index in [1.807, 2.05) is 48.7 Å². The Bertz CT molecular complexity index is 1290. The summed E-state index contributed by atoms with van der Waals surface area (Å²) in [5.41, 5.74) is 1.29. The van der Waals surface area contributed by atoms with Crippen LogP contribution < -0.4 is 10.6 Å². The van der Waals surface area contributed by atoms with Gasteiger partial charge in [-0.05, 0) is 50.8 Å². The maximum atomic E-state index is 10.8. The number of rotatable bonds is 7. The Balaban J connectivity index is 1.52. The fourth-order valence-electron chi connectivity index (χ4n) is 4.63. The molecule has 4 atom stereocenters. The van der Waals surface area contributed by atoms with Gasteiger partial charge in [0.25, 0.3) is 0 Å². The number of anilines is 2. The highest BCUT2D eigenvalue weighted by Gasteiger charge is 2.47. The van der Waals surface area contributed by atoms with Crippen LogP contribution in [0.25, 0.3) is 20.8 Å². The zero-order chi connectivity index (χ0) is 24.7. The van der Waals surface area contributed by atoms with Gasteiger partial charge in [0, 0.05) is 10.8 Å². The van der Waals surface area contributed by atoms with E-state index in [1.165, 1.54) is 4.88 Å². The highest BCUT2D eigenvalue weighted by molar-refractivity contribution is 7.21. The molecule has 0 bridgehead atoms. The number of hydrogen-bond acceptors (Lipinski definition) is 10. The average Bonchev–Trinajstić information content (AvgIpc) is 3.53. The van der Waals surface area contributed by atoms with E-state index in [0.717, 1.165) is 26.5 Å². The highest BCUT2D eigenvalue weighted by Crippen LogP contribution is 2.40. The van der Waals surface area contributed by atoms with Gasteiger partial charge in [-0.3, -0.25) is 0 Å². The minimum Gasteiger partial charge on any atom is -0.390 e. The number of fused-ring (bicyclic) bond motifs is 1. The SMILES string of the molecule is Cc1nc(NCc2cccs2)nc(N[C@@H]2C[C@H](C(C)(C)O)[C@@H](O)[C@H]2O)c1-c1nc2ccccc2s1. The predicted octanol–water partition coefficient (Wildman–Crippen LogP) is 4.03. The van der Waals surface area contributed by atoms with Crippen LogP contribution in [-0.2, 0) is 6.54 Å². The van der Waals surface area contributed by atoms with Gasteiger partial charge in [0.15, 0.2) is 0 Å². The molecule has 0 aliphatic heterocycles. The van der Waals surface area contributed by atoms with Crippen LogP contribution in [0.3, 0.4) is 0 Å². The Hall–Kier alpha value is -2.63. The molecule has 5 N–H and O–H groups in total. The van der Waals surface area contributed by atoms with Gasteiger partial charge in [-0.1, -0.05) is 18.2 Å². The summed E-state index contributed by atoms with van der Waals surface area (Å²) < 4.78 is 1.06. The number of hydrogen-bond donors (Lipinski definition) is 5. The van der Waals surface area contributed by atoms with E-state index in [4.69, 9.17) is 15.0 Å². The molecular weight excluding hydrogens is 482 g/mol. The van der Waals surface area contributed by atoms with Crippen LogP contribution in [0.15, 0.2) is 41.8 Å². The van der Waals surface area contributed by atoms with Gasteiger partial charge in [0.05, 0.1) is 45.8 Å². The molecular formula is C25H29N5O3S2. The maximum Gasteiger partial charge on any atom is 0.225 e. The van der Waals surface area contributed by atoms with Crippen molar-refractivity contribution >= 4 is 44.7 Å². The van der Waals surface area contributed by atoms with E-state index in [9.17, 15) is 15.3 Å². The van der Waals surface area contributed by atoms with Crippen molar-refractivity contribution in [1.29, 1.82) is 0 Å². The zero-order valence-electron chi connectivity index (χ0n) is 19.8. The lowest BCUT2D eigenvalue weighted by Crippen LogP contribution is -2.40. The zero-order valence-corrected chi connectivity index (χ0v) is 21.4. The van der Waals surface area contributed by atoms with Gasteiger partial charge in [-0.15, -0.1) is 22.7 Å². The largest absolute Gasteiger partial charge is 0.390 e. The van der Waals surface area contributed by atoms with Crippen LogP contribution in [0.5, 0.6) is 0 Å². The van der Waals surface area contributed by atoms with E-state index in [1.54, 1.807) is 36.5 Å². The maximum absolute atomic E-state index is 10.8. The number of thiophene rings is 1. The second-order valence-electron chi connectivity index (χ2n) is 9.50. The molecule has 0 radical (unpaired) electrons. The Morgan fingerprint density at radius 3 is 2.54 bits per heavy atom. The molecule has 4 aromatic rings. The number of para-hydroxylation sites is 1. The second kappa shape index (κ2) is 9.44. The molecule has 0 spiro atoms. The minimum absolute atomic E-state index is 0.395. The van der Waals surface area contributed by atoms with Crippen LogP contribution in [0.1, 0.15) is 30.8 Å². The lowest BCUT2D eigenvalue weighted by atomic mass is 9.88. The molecule has 3 heterocycles. The van der Waals surface area contributed by atoms with Crippen LogP contribution >= 0.6 is 22.7 Å². The molecule has 1 saturated carbocycles. The molecule has 8 nitrogen and oxygen atoms in total. The first-order valence-corrected chi connectivity index (χ1v) is 13.3. The smallest absolute Gasteiger partial charge is 0.225 e. The summed E-state index contributed by atoms with van der Waals surface area (Å²) in [4.78, 5) is 15.4. The lowest BCUT2D eigenvalue weighted by Gasteiger charge is -2.28. The van der Waals surface area contributed by atoms with Crippen LogP contribution in [0.4, 0.5) is 11.8 Å². The first-order valence-electron chi connectivity index (χ1n) is 11.6. The summed E-state index contributed by atoms with van der Waals surface area (Å²) in [5.74, 6) is 0.536. The molecule has 5 rings (SSSR count). The summed E-state index contributed by atoms with van der Waals surface area (Å²) in [6, 6.07) is 11.5. The van der Waals surface area contributed by atoms with E-state index >= 15 is 0 Å². The average molecular weight is 512 g/mol. The highest BCUT2D eigenvalue weighted by atomic mass is 32.1. The molecule has 184 valence electrons. The molecule has 3 aromatic heterocycles. The summed E-state index contributed by atoms with van der Waals surface area (Å²) in [5, 5.41) is 41.4. The molecule has 35 heavy (non-hydrogen) atoms. The van der Waals surface area contributed by atoms with Crippen molar-refractivity contribution < 1.29 is 15.3 Å². The number of aromatic nitrogens is 3. The molecule has 1 aliphatic carbocycles. The number of nitrogens with one attached hydrogen (secondary N) is 2. The number of benzene rings is 1. The number of aliphatic hydroxyl groups is 3. The quantitative estimate of drug-likeness (QED) is 0.252. The Morgan fingerprint density at radius 2 is 1.86 bits per heavy atom. The van der Waals surface area contributed by atoms with E-state index in [2.05, 4.69) is 10.6 Å². The standard InChI is InChI=1S/C25H29N5O3S2/c1-13-19(23-29-16-8-4-5-9-18(16)35-23)22(30-24(27-13)26-12-14-7-6-10-34-14)28-17-11-15(25(2,3)33)20(31)21(17)32/h4-10,15,17,20-21,31-33H,11-12H2,1-3H3,(H2,26,27,28,30)/t15-,17+,20+,21-/m0/s1. The fraction of sp³-hybridized carbons (Fsp3) is 0.400. The van der Waals surface area contributed by atoms with Gasteiger partial charge < -0.3 is 26.0 Å². The Kier molecular flexibility index (Phi) is 6.49. The van der Waals surface area contributed by atoms with Gasteiger partial charge >= 0.3 is 0 Å². The van der Waals surface area contributed by atoms with Crippen LogP contribution in [-0.4, -0.2) is 54.1 Å². The van der Waals surface area contributed by atoms with Crippen molar-refractivity contribution in [1.82, 2.24) is 15.0 Å². The minimum atomic E-state index is -1.12. The topological polar surface area (TPSA) is 123 Å². The van der Waals surface area contributed by atoms with Gasteiger partial charge in [0.1, 0.15) is 16.9 Å². The molecule has 0 saturated heterocycles. The first kappa shape index (κ1) is 24.1. The summed E-state index contributed by atoms with van der Waals surface area (Å²) in [7, 11) is 0. The van der Waals surface area contributed by atoms with Crippen LogP contribution in [0.2, 0.25) is 0 Å². The van der Waals surface area contributed by atoms with E-state index in [0.29, 0.717) is 24.7 Å². The molecule has 10 heteroatoms. The van der Waals surface area contributed by atoms with Gasteiger partial charge in [-0.2, -0.15) is 4.98 Å². The summed E-state index contributed by atoms with van der Waals surface area (Å²) in [6.45, 7) is 5.83. The Labute approximate surface area is 211 Å². The monoisotopic (exact) mass is 511 g/mol. The third kappa shape index (κ3) is 4.89. The molecule has 1 aromatic carbocycles. The van der Waals surface area contributed by atoms with Gasteiger partial charge in [0.2, 0.25) is 5.95 Å². The third-order valence-electron chi connectivity index (χ3n) is 6.51. The van der Waals surface area contributed by atoms with Gasteiger partial charge in [-0.25, -0.2) is 9.97 Å². The van der Waals surface area contributed by atoms with Crippen molar-refractivity contribution in [2.45, 2.75) is 57.6 Å². The first-order chi connectivity index (χ1) is 16.7. The Morgan fingerprint density at radius 1 is 1.06 bits per heavy atom. The van der Waals surface area contributed by atoms with Crippen molar-refractivity contribution in [2.75, 3.05) is 10.6 Å². The summed E-state index contributed by atoms with van der Waals surface area (Å²) in [6.07, 6.45) is -1.70. The number of nitrogens with zero attached hydrogens (tertiary/aromatic N) is 3. The fourth-order valence-corrected chi connectivity index (χ4v) is 6.33. The van der Waals surface area contributed by atoms with Crippen LogP contribution in [0, 0.1) is 12.8 Å². The normalized spacial score (nSPS) is 22.6. The van der Waals surface area contributed by atoms with E-state index in [-0.39, 0.29) is 0 Å². The summed E-state index contributed by atoms with van der Waals surface area (Å²) >= 11 is 3.21. The van der Waals surface area contributed by atoms with Crippen molar-refractivity contribution in [3.8, 4) is 10.6 Å². The van der Waals surface area contributed by atoms with Crippen molar-refractivity contribution in [3.05, 3.63) is 52.3 Å². The van der Waals surface area contributed by atoms with Crippen molar-refractivity contribution in [2.24, 2.45) is 5.92 Å². The number of aliphatic hydroxyl groups excluding tert-OH is 2. The molecule has 1 fully saturated rings. The van der Waals surface area contributed by atoms with E-state index < -0.39 is 29.8 Å². The predicted molar refractivity (Wildman–Crippen MR) is 141 cm³/mol. The molecule has 1 aliphatic rings.